The van der Waals surface area contributed by atoms with Crippen molar-refractivity contribution in [2.45, 2.75) is 45.2 Å². The van der Waals surface area contributed by atoms with Crippen LogP contribution in [0.25, 0.3) is 0 Å². The van der Waals surface area contributed by atoms with Crippen LogP contribution in [0.3, 0.4) is 0 Å². The van der Waals surface area contributed by atoms with E-state index >= 15 is 0 Å². The van der Waals surface area contributed by atoms with Crippen LogP contribution < -0.4 is 0 Å². The van der Waals surface area contributed by atoms with Crippen molar-refractivity contribution in [1.29, 1.82) is 0 Å². The van der Waals surface area contributed by atoms with Gasteiger partial charge >= 0.3 is 0 Å². The van der Waals surface area contributed by atoms with Gasteiger partial charge in [-0.2, -0.15) is 0 Å². The molecule has 0 N–H and O–H groups in total. The van der Waals surface area contributed by atoms with Gasteiger partial charge in [-0.05, 0) is 76.2 Å². The highest BCUT2D eigenvalue weighted by atomic mass is 32.1. The first-order valence-corrected chi connectivity index (χ1v) is 8.69. The van der Waals surface area contributed by atoms with Gasteiger partial charge in [0, 0.05) is 17.5 Å². The average Bonchev–Trinajstić information content (AvgIpc) is 3.12. The molecule has 0 radical (unpaired) electrons. The van der Waals surface area contributed by atoms with E-state index in [2.05, 4.69) is 34.2 Å². The normalized spacial score (nSPS) is 24.9. The predicted molar refractivity (Wildman–Crippen MR) is 82.6 cm³/mol. The molecule has 0 unspecified atom stereocenters. The van der Waals surface area contributed by atoms with E-state index in [1.165, 1.54) is 63.3 Å². The highest BCUT2D eigenvalue weighted by Crippen LogP contribution is 2.27. The highest BCUT2D eigenvalue weighted by Gasteiger charge is 2.28. The molecule has 1 aromatic heterocycles. The Morgan fingerprint density at radius 3 is 2.58 bits per heavy atom. The Morgan fingerprint density at radius 1 is 1.21 bits per heavy atom. The maximum absolute atomic E-state index is 2.72. The molecule has 3 heterocycles. The molecule has 3 rings (SSSR count). The number of rotatable bonds is 4. The Balaban J connectivity index is 1.46. The lowest BCUT2D eigenvalue weighted by Gasteiger charge is -2.38. The highest BCUT2D eigenvalue weighted by molar-refractivity contribution is 7.09. The van der Waals surface area contributed by atoms with E-state index in [9.17, 15) is 0 Å². The molecule has 19 heavy (non-hydrogen) atoms. The SMILES string of the molecule is C[C@@H](C1CCN(Cc2cccs2)CC1)N1CCCC1. The van der Waals surface area contributed by atoms with Crippen molar-refractivity contribution in [3.05, 3.63) is 22.4 Å². The summed E-state index contributed by atoms with van der Waals surface area (Å²) in [6, 6.07) is 5.25. The van der Waals surface area contributed by atoms with E-state index in [4.69, 9.17) is 0 Å². The summed E-state index contributed by atoms with van der Waals surface area (Å²) < 4.78 is 0. The van der Waals surface area contributed by atoms with Crippen LogP contribution in [0, 0.1) is 5.92 Å². The molecule has 2 fully saturated rings. The minimum Gasteiger partial charge on any atom is -0.300 e. The Morgan fingerprint density at radius 2 is 1.95 bits per heavy atom. The van der Waals surface area contributed by atoms with Crippen LogP contribution >= 0.6 is 11.3 Å². The van der Waals surface area contributed by atoms with Gasteiger partial charge in [0.25, 0.3) is 0 Å². The first-order chi connectivity index (χ1) is 9.33. The standard InChI is InChI=1S/C16H26N2S/c1-14(18-8-2-3-9-18)15-6-10-17(11-7-15)13-16-5-4-12-19-16/h4-5,12,14-15H,2-3,6-11,13H2,1H3/t14-/m0/s1. The van der Waals surface area contributed by atoms with Crippen molar-refractivity contribution >= 4 is 11.3 Å². The van der Waals surface area contributed by atoms with Crippen LogP contribution in [0.2, 0.25) is 0 Å². The van der Waals surface area contributed by atoms with E-state index in [0.717, 1.165) is 12.0 Å². The van der Waals surface area contributed by atoms with E-state index in [1.807, 2.05) is 11.3 Å². The van der Waals surface area contributed by atoms with Crippen molar-refractivity contribution in [3.63, 3.8) is 0 Å². The Bertz CT molecular complexity index is 362. The molecule has 0 spiro atoms. The van der Waals surface area contributed by atoms with E-state index in [-0.39, 0.29) is 0 Å². The molecule has 1 atom stereocenters. The summed E-state index contributed by atoms with van der Waals surface area (Å²) in [7, 11) is 0. The number of hydrogen-bond acceptors (Lipinski definition) is 3. The van der Waals surface area contributed by atoms with Crippen LogP contribution in [0.15, 0.2) is 17.5 Å². The maximum Gasteiger partial charge on any atom is 0.0327 e. The third kappa shape index (κ3) is 3.39. The predicted octanol–water partition coefficient (Wildman–Crippen LogP) is 3.44. The summed E-state index contributed by atoms with van der Waals surface area (Å²) in [5.74, 6) is 0.928. The largest absolute Gasteiger partial charge is 0.300 e. The van der Waals surface area contributed by atoms with E-state index in [1.54, 1.807) is 0 Å². The molecule has 0 aromatic carbocycles. The van der Waals surface area contributed by atoms with Gasteiger partial charge in [0.1, 0.15) is 0 Å². The van der Waals surface area contributed by atoms with Crippen LogP contribution in [-0.4, -0.2) is 42.0 Å². The minimum atomic E-state index is 0.811. The summed E-state index contributed by atoms with van der Waals surface area (Å²) in [4.78, 5) is 6.88. The molecular formula is C16H26N2S. The van der Waals surface area contributed by atoms with E-state index < -0.39 is 0 Å². The molecule has 2 nitrogen and oxygen atoms in total. The molecule has 3 heteroatoms. The summed E-state index contributed by atoms with van der Waals surface area (Å²) in [6.07, 6.45) is 5.62. The van der Waals surface area contributed by atoms with Crippen LogP contribution in [0.4, 0.5) is 0 Å². The fourth-order valence-electron chi connectivity index (χ4n) is 3.66. The molecule has 106 valence electrons. The van der Waals surface area contributed by atoms with Gasteiger partial charge in [0.2, 0.25) is 0 Å². The minimum absolute atomic E-state index is 0.811. The first kappa shape index (κ1) is 13.6. The van der Waals surface area contributed by atoms with Gasteiger partial charge in [-0.1, -0.05) is 6.07 Å². The molecule has 0 bridgehead atoms. The number of thiophene rings is 1. The Hall–Kier alpha value is -0.380. The number of piperidine rings is 1. The Kier molecular flexibility index (Phi) is 4.57. The second-order valence-electron chi connectivity index (χ2n) is 6.18. The Labute approximate surface area is 121 Å². The number of hydrogen-bond donors (Lipinski definition) is 0. The van der Waals surface area contributed by atoms with Crippen molar-refractivity contribution in [2.75, 3.05) is 26.2 Å². The average molecular weight is 278 g/mol. The van der Waals surface area contributed by atoms with Crippen molar-refractivity contribution < 1.29 is 0 Å². The topological polar surface area (TPSA) is 6.48 Å². The van der Waals surface area contributed by atoms with Gasteiger partial charge < -0.3 is 4.90 Å². The molecule has 0 aliphatic carbocycles. The molecule has 2 aliphatic rings. The third-order valence-corrected chi connectivity index (χ3v) is 5.85. The van der Waals surface area contributed by atoms with Gasteiger partial charge in [-0.3, -0.25) is 4.90 Å². The number of likely N-dealkylation sites (tertiary alicyclic amines) is 2. The second-order valence-corrected chi connectivity index (χ2v) is 7.21. The fourth-order valence-corrected chi connectivity index (χ4v) is 4.41. The third-order valence-electron chi connectivity index (χ3n) is 4.99. The fraction of sp³-hybridized carbons (Fsp3) is 0.750. The molecule has 2 saturated heterocycles. The van der Waals surface area contributed by atoms with E-state index in [0.29, 0.717) is 0 Å². The van der Waals surface area contributed by atoms with Crippen LogP contribution in [-0.2, 0) is 6.54 Å². The zero-order valence-corrected chi connectivity index (χ0v) is 12.9. The van der Waals surface area contributed by atoms with Crippen LogP contribution in [0.1, 0.15) is 37.5 Å². The lowest BCUT2D eigenvalue weighted by Crippen LogP contribution is -2.42. The number of nitrogens with zero attached hydrogens (tertiary/aromatic N) is 2. The molecule has 0 saturated carbocycles. The zero-order valence-electron chi connectivity index (χ0n) is 12.1. The zero-order chi connectivity index (χ0) is 13.1. The van der Waals surface area contributed by atoms with Crippen LogP contribution in [0.5, 0.6) is 0 Å². The second kappa shape index (κ2) is 6.38. The maximum atomic E-state index is 2.72. The van der Waals surface area contributed by atoms with Crippen molar-refractivity contribution in [1.82, 2.24) is 9.80 Å². The van der Waals surface area contributed by atoms with Gasteiger partial charge in [0.15, 0.2) is 0 Å². The molecule has 2 aliphatic heterocycles. The first-order valence-electron chi connectivity index (χ1n) is 7.82. The summed E-state index contributed by atoms with van der Waals surface area (Å²) in [6.45, 7) is 8.90. The molecule has 1 aromatic rings. The summed E-state index contributed by atoms with van der Waals surface area (Å²) in [5.41, 5.74) is 0. The monoisotopic (exact) mass is 278 g/mol. The van der Waals surface area contributed by atoms with Gasteiger partial charge in [-0.25, -0.2) is 0 Å². The summed E-state index contributed by atoms with van der Waals surface area (Å²) in [5, 5.41) is 2.19. The van der Waals surface area contributed by atoms with Crippen molar-refractivity contribution in [2.24, 2.45) is 5.92 Å². The van der Waals surface area contributed by atoms with Gasteiger partial charge in [-0.15, -0.1) is 11.3 Å². The molecular weight excluding hydrogens is 252 g/mol. The molecule has 0 amide bonds. The van der Waals surface area contributed by atoms with Gasteiger partial charge in [0.05, 0.1) is 0 Å². The summed E-state index contributed by atoms with van der Waals surface area (Å²) >= 11 is 1.89. The lowest BCUT2D eigenvalue weighted by atomic mass is 9.89. The van der Waals surface area contributed by atoms with Crippen molar-refractivity contribution in [3.8, 4) is 0 Å². The smallest absolute Gasteiger partial charge is 0.0327 e. The quantitative estimate of drug-likeness (QED) is 0.832. The lowest BCUT2D eigenvalue weighted by molar-refractivity contribution is 0.108.